The Morgan fingerprint density at radius 2 is 1.95 bits per heavy atom. The molecule has 0 amide bonds. The zero-order valence-corrected chi connectivity index (χ0v) is 13.3. The minimum Gasteiger partial charge on any atom is -0.379 e. The number of ether oxygens (including phenoxy) is 1. The maximum Gasteiger partial charge on any atom is 0.0594 e. The summed E-state index contributed by atoms with van der Waals surface area (Å²) in [6.45, 7) is 9.66. The first kappa shape index (κ1) is 15.0. The fraction of sp³-hybridized carbons (Fsp3) is 0.667. The van der Waals surface area contributed by atoms with Gasteiger partial charge in [-0.05, 0) is 43.7 Å². The third kappa shape index (κ3) is 3.85. The molecule has 1 aromatic rings. The van der Waals surface area contributed by atoms with E-state index < -0.39 is 0 Å². The number of rotatable bonds is 5. The molecule has 1 aromatic carbocycles. The van der Waals surface area contributed by atoms with Gasteiger partial charge in [0.25, 0.3) is 0 Å². The van der Waals surface area contributed by atoms with E-state index in [0.717, 1.165) is 38.8 Å². The van der Waals surface area contributed by atoms with Gasteiger partial charge in [-0.3, -0.25) is 4.90 Å². The molecule has 116 valence electrons. The lowest BCUT2D eigenvalue weighted by Crippen LogP contribution is -2.50. The van der Waals surface area contributed by atoms with Crippen molar-refractivity contribution in [3.8, 4) is 0 Å². The Bertz CT molecular complexity index is 450. The molecule has 1 N–H and O–H groups in total. The van der Waals surface area contributed by atoms with Crippen molar-refractivity contribution in [3.63, 3.8) is 0 Å². The van der Waals surface area contributed by atoms with Gasteiger partial charge in [-0.15, -0.1) is 0 Å². The highest BCUT2D eigenvalue weighted by Gasteiger charge is 2.31. The van der Waals surface area contributed by atoms with Crippen LogP contribution in [0.3, 0.4) is 0 Å². The van der Waals surface area contributed by atoms with Crippen LogP contribution in [0.2, 0.25) is 0 Å². The zero-order valence-electron chi connectivity index (χ0n) is 13.3. The average molecular weight is 288 g/mol. The summed E-state index contributed by atoms with van der Waals surface area (Å²) < 4.78 is 5.41. The van der Waals surface area contributed by atoms with Crippen LogP contribution in [0.25, 0.3) is 0 Å². The van der Waals surface area contributed by atoms with Crippen molar-refractivity contribution in [2.45, 2.75) is 44.7 Å². The van der Waals surface area contributed by atoms with Crippen molar-refractivity contribution in [3.05, 3.63) is 35.4 Å². The predicted molar refractivity (Wildman–Crippen MR) is 86.8 cm³/mol. The first-order chi connectivity index (χ1) is 10.2. The topological polar surface area (TPSA) is 24.5 Å². The number of hydrogen-bond donors (Lipinski definition) is 1. The molecule has 1 saturated heterocycles. The van der Waals surface area contributed by atoms with Crippen LogP contribution in [0, 0.1) is 6.92 Å². The Hall–Kier alpha value is -0.900. The molecule has 1 aliphatic heterocycles. The molecule has 1 atom stereocenters. The number of nitrogens with one attached hydrogen (secondary N) is 1. The van der Waals surface area contributed by atoms with E-state index in [9.17, 15) is 0 Å². The quantitative estimate of drug-likeness (QED) is 0.901. The van der Waals surface area contributed by atoms with Gasteiger partial charge in [-0.1, -0.05) is 24.3 Å². The minimum atomic E-state index is 0.575. The van der Waals surface area contributed by atoms with Crippen LogP contribution in [-0.4, -0.2) is 49.8 Å². The minimum absolute atomic E-state index is 0.575. The summed E-state index contributed by atoms with van der Waals surface area (Å²) in [5.74, 6) is 0.763. The maximum atomic E-state index is 5.41. The predicted octanol–water partition coefficient (Wildman–Crippen LogP) is 2.55. The van der Waals surface area contributed by atoms with Gasteiger partial charge in [-0.25, -0.2) is 0 Å². The summed E-state index contributed by atoms with van der Waals surface area (Å²) in [5, 5.41) is 3.80. The third-order valence-corrected chi connectivity index (χ3v) is 4.92. The molecule has 0 radical (unpaired) electrons. The first-order valence-corrected chi connectivity index (χ1v) is 8.34. The van der Waals surface area contributed by atoms with Gasteiger partial charge in [0.2, 0.25) is 0 Å². The lowest BCUT2D eigenvalue weighted by atomic mass is 9.74. The lowest BCUT2D eigenvalue weighted by molar-refractivity contribution is 0.0330. The summed E-state index contributed by atoms with van der Waals surface area (Å²) in [6.07, 6.45) is 2.58. The fourth-order valence-electron chi connectivity index (χ4n) is 3.68. The molecule has 1 heterocycles. The van der Waals surface area contributed by atoms with Crippen LogP contribution in [0.15, 0.2) is 24.3 Å². The highest BCUT2D eigenvalue weighted by atomic mass is 16.5. The van der Waals surface area contributed by atoms with Gasteiger partial charge in [-0.2, -0.15) is 0 Å². The molecule has 21 heavy (non-hydrogen) atoms. The Kier molecular flexibility index (Phi) is 4.94. The SMILES string of the molecule is Cc1ccccc1C1CC(NC(C)CN2CCOCC2)C1. The van der Waals surface area contributed by atoms with Gasteiger partial charge in [0, 0.05) is 31.7 Å². The molecule has 3 nitrogen and oxygen atoms in total. The van der Waals surface area contributed by atoms with E-state index in [2.05, 4.69) is 48.3 Å². The van der Waals surface area contributed by atoms with E-state index in [1.165, 1.54) is 18.4 Å². The Labute approximate surface area is 128 Å². The van der Waals surface area contributed by atoms with Crippen molar-refractivity contribution in [2.75, 3.05) is 32.8 Å². The molecule has 0 aromatic heterocycles. The van der Waals surface area contributed by atoms with Crippen LogP contribution < -0.4 is 5.32 Å². The van der Waals surface area contributed by atoms with E-state index >= 15 is 0 Å². The molecular weight excluding hydrogens is 260 g/mol. The van der Waals surface area contributed by atoms with Crippen molar-refractivity contribution in [2.24, 2.45) is 0 Å². The smallest absolute Gasteiger partial charge is 0.0594 e. The molecule has 3 rings (SSSR count). The summed E-state index contributed by atoms with van der Waals surface area (Å²) in [6, 6.07) is 10.1. The molecule has 0 bridgehead atoms. The summed E-state index contributed by atoms with van der Waals surface area (Å²) in [5.41, 5.74) is 3.00. The number of morpholine rings is 1. The monoisotopic (exact) mass is 288 g/mol. The second-order valence-electron chi connectivity index (χ2n) is 6.70. The normalized spacial score (nSPS) is 28.1. The zero-order chi connectivity index (χ0) is 14.7. The van der Waals surface area contributed by atoms with Crippen molar-refractivity contribution < 1.29 is 4.74 Å². The van der Waals surface area contributed by atoms with Crippen LogP contribution >= 0.6 is 0 Å². The third-order valence-electron chi connectivity index (χ3n) is 4.92. The Morgan fingerprint density at radius 1 is 1.24 bits per heavy atom. The average Bonchev–Trinajstić information content (AvgIpc) is 2.45. The number of benzene rings is 1. The van der Waals surface area contributed by atoms with Crippen LogP contribution in [0.5, 0.6) is 0 Å². The molecule has 2 aliphatic rings. The molecule has 0 spiro atoms. The molecule has 1 aliphatic carbocycles. The van der Waals surface area contributed by atoms with Gasteiger partial charge in [0.15, 0.2) is 0 Å². The first-order valence-electron chi connectivity index (χ1n) is 8.34. The van der Waals surface area contributed by atoms with E-state index in [1.54, 1.807) is 5.56 Å². The van der Waals surface area contributed by atoms with E-state index in [1.807, 2.05) is 0 Å². The van der Waals surface area contributed by atoms with E-state index in [4.69, 9.17) is 4.74 Å². The molecular formula is C18H28N2O. The van der Waals surface area contributed by atoms with Gasteiger partial charge >= 0.3 is 0 Å². The van der Waals surface area contributed by atoms with Crippen molar-refractivity contribution in [1.82, 2.24) is 10.2 Å². The second kappa shape index (κ2) is 6.91. The summed E-state index contributed by atoms with van der Waals surface area (Å²) >= 11 is 0. The van der Waals surface area contributed by atoms with Crippen molar-refractivity contribution >= 4 is 0 Å². The van der Waals surface area contributed by atoms with Crippen LogP contribution in [0.1, 0.15) is 36.8 Å². The molecule has 3 heteroatoms. The molecule has 1 saturated carbocycles. The number of aryl methyl sites for hydroxylation is 1. The Morgan fingerprint density at radius 3 is 2.67 bits per heavy atom. The highest BCUT2D eigenvalue weighted by molar-refractivity contribution is 5.31. The number of hydrogen-bond acceptors (Lipinski definition) is 3. The fourth-order valence-corrected chi connectivity index (χ4v) is 3.68. The van der Waals surface area contributed by atoms with Crippen LogP contribution in [0.4, 0.5) is 0 Å². The van der Waals surface area contributed by atoms with Gasteiger partial charge < -0.3 is 10.1 Å². The lowest BCUT2D eigenvalue weighted by Gasteiger charge is -2.40. The summed E-state index contributed by atoms with van der Waals surface area (Å²) in [7, 11) is 0. The standard InChI is InChI=1S/C18H28N2O/c1-14-5-3-4-6-18(14)16-11-17(12-16)19-15(2)13-20-7-9-21-10-8-20/h3-6,15-17,19H,7-13H2,1-2H3. The largest absolute Gasteiger partial charge is 0.379 e. The summed E-state index contributed by atoms with van der Waals surface area (Å²) in [4.78, 5) is 2.51. The van der Waals surface area contributed by atoms with Crippen LogP contribution in [-0.2, 0) is 4.74 Å². The van der Waals surface area contributed by atoms with E-state index in [0.29, 0.717) is 12.1 Å². The second-order valence-corrected chi connectivity index (χ2v) is 6.70. The Balaban J connectivity index is 1.41. The van der Waals surface area contributed by atoms with Crippen molar-refractivity contribution in [1.29, 1.82) is 0 Å². The maximum absolute atomic E-state index is 5.41. The molecule has 1 unspecified atom stereocenters. The highest BCUT2D eigenvalue weighted by Crippen LogP contribution is 2.38. The molecule has 2 fully saturated rings. The van der Waals surface area contributed by atoms with E-state index in [-0.39, 0.29) is 0 Å². The number of nitrogens with zero attached hydrogens (tertiary/aromatic N) is 1. The van der Waals surface area contributed by atoms with Gasteiger partial charge in [0.05, 0.1) is 13.2 Å². The van der Waals surface area contributed by atoms with Gasteiger partial charge in [0.1, 0.15) is 0 Å².